The van der Waals surface area contributed by atoms with Gasteiger partial charge in [0.05, 0.1) is 17.1 Å². The molecule has 26 heavy (non-hydrogen) atoms. The molecule has 0 N–H and O–H groups in total. The number of amides is 1. The van der Waals surface area contributed by atoms with Crippen molar-refractivity contribution < 1.29 is 13.2 Å². The summed E-state index contributed by atoms with van der Waals surface area (Å²) >= 11 is 0. The quantitative estimate of drug-likeness (QED) is 0.786. The van der Waals surface area contributed by atoms with Crippen molar-refractivity contribution in [2.24, 2.45) is 0 Å². The highest BCUT2D eigenvalue weighted by molar-refractivity contribution is 7.91. The molecule has 8 heteroatoms. The topological polar surface area (TPSA) is 83.5 Å². The van der Waals surface area contributed by atoms with Gasteiger partial charge in [-0.3, -0.25) is 4.79 Å². The van der Waals surface area contributed by atoms with E-state index in [1.807, 2.05) is 42.3 Å². The number of aromatic nitrogens is 2. The van der Waals surface area contributed by atoms with Crippen molar-refractivity contribution in [2.75, 3.05) is 30.5 Å². The monoisotopic (exact) mass is 374 g/mol. The Bertz CT molecular complexity index is 869. The van der Waals surface area contributed by atoms with Gasteiger partial charge in [0, 0.05) is 39.1 Å². The molecule has 3 rings (SSSR count). The van der Waals surface area contributed by atoms with Gasteiger partial charge in [0.15, 0.2) is 9.84 Å². The summed E-state index contributed by atoms with van der Waals surface area (Å²) in [6.07, 6.45) is 3.46. The maximum Gasteiger partial charge on any atom is 0.257 e. The van der Waals surface area contributed by atoms with E-state index in [4.69, 9.17) is 0 Å². The number of hydrogen-bond donors (Lipinski definition) is 0. The highest BCUT2D eigenvalue weighted by atomic mass is 32.2. The van der Waals surface area contributed by atoms with Crippen molar-refractivity contribution in [3.63, 3.8) is 0 Å². The van der Waals surface area contributed by atoms with Crippen LogP contribution in [0.4, 0.5) is 5.95 Å². The number of benzene rings is 1. The molecule has 1 atom stereocenters. The zero-order chi connectivity index (χ0) is 18.7. The Morgan fingerprint density at radius 3 is 2.38 bits per heavy atom. The van der Waals surface area contributed by atoms with Gasteiger partial charge in [-0.1, -0.05) is 30.3 Å². The molecule has 1 aliphatic rings. The number of nitrogens with zero attached hydrogens (tertiary/aromatic N) is 4. The fourth-order valence-electron chi connectivity index (χ4n) is 3.01. The van der Waals surface area contributed by atoms with Crippen LogP contribution in [0.3, 0.4) is 0 Å². The first-order chi connectivity index (χ1) is 12.4. The van der Waals surface area contributed by atoms with Gasteiger partial charge in [-0.15, -0.1) is 0 Å². The first kappa shape index (κ1) is 18.3. The molecule has 0 aliphatic carbocycles. The number of carbonyl (C=O) groups is 1. The van der Waals surface area contributed by atoms with E-state index >= 15 is 0 Å². The zero-order valence-electron chi connectivity index (χ0n) is 14.9. The molecule has 0 spiro atoms. The molecule has 1 aromatic carbocycles. The van der Waals surface area contributed by atoms with Gasteiger partial charge < -0.3 is 9.80 Å². The summed E-state index contributed by atoms with van der Waals surface area (Å²) < 4.78 is 23.2. The Kier molecular flexibility index (Phi) is 5.22. The third-order valence-electron chi connectivity index (χ3n) is 4.57. The lowest BCUT2D eigenvalue weighted by molar-refractivity contribution is 0.0747. The van der Waals surface area contributed by atoms with Crippen molar-refractivity contribution in [2.45, 2.75) is 19.0 Å². The minimum atomic E-state index is -3.04. The molecule has 138 valence electrons. The second kappa shape index (κ2) is 7.41. The first-order valence-electron chi connectivity index (χ1n) is 8.40. The van der Waals surface area contributed by atoms with E-state index in [1.54, 1.807) is 7.05 Å². The summed E-state index contributed by atoms with van der Waals surface area (Å²) in [6, 6.07) is 9.69. The summed E-state index contributed by atoms with van der Waals surface area (Å²) in [5.74, 6) is 0.420. The van der Waals surface area contributed by atoms with Crippen LogP contribution in [0, 0.1) is 0 Å². The molecule has 2 heterocycles. The molecule has 1 amide bonds. The van der Waals surface area contributed by atoms with Gasteiger partial charge in [0.1, 0.15) is 0 Å². The van der Waals surface area contributed by atoms with Crippen molar-refractivity contribution >= 4 is 21.7 Å². The van der Waals surface area contributed by atoms with Gasteiger partial charge in [-0.25, -0.2) is 18.4 Å². The van der Waals surface area contributed by atoms with E-state index in [0.717, 1.165) is 5.56 Å². The van der Waals surface area contributed by atoms with Gasteiger partial charge in [0.25, 0.3) is 5.91 Å². The highest BCUT2D eigenvalue weighted by Gasteiger charge is 2.33. The summed E-state index contributed by atoms with van der Waals surface area (Å²) in [5.41, 5.74) is 1.49. The number of anilines is 1. The zero-order valence-corrected chi connectivity index (χ0v) is 15.7. The molecular weight excluding hydrogens is 352 g/mol. The lowest BCUT2D eigenvalue weighted by atomic mass is 10.2. The van der Waals surface area contributed by atoms with Crippen LogP contribution in [0.1, 0.15) is 22.3 Å². The Morgan fingerprint density at radius 2 is 1.81 bits per heavy atom. The minimum Gasteiger partial charge on any atom is -0.340 e. The average molecular weight is 374 g/mol. The van der Waals surface area contributed by atoms with Crippen LogP contribution >= 0.6 is 0 Å². The predicted molar refractivity (Wildman–Crippen MR) is 99.7 cm³/mol. The SMILES string of the molecule is CN(Cc1ccccc1)c1ncc(C(=O)N(C)C2CCS(=O)(=O)C2)cn1. The van der Waals surface area contributed by atoms with E-state index in [-0.39, 0.29) is 23.5 Å². The van der Waals surface area contributed by atoms with Crippen molar-refractivity contribution in [3.8, 4) is 0 Å². The van der Waals surface area contributed by atoms with E-state index in [9.17, 15) is 13.2 Å². The largest absolute Gasteiger partial charge is 0.340 e. The van der Waals surface area contributed by atoms with E-state index in [0.29, 0.717) is 24.5 Å². The second-order valence-corrected chi connectivity index (χ2v) is 8.82. The molecule has 0 radical (unpaired) electrons. The molecule has 1 unspecified atom stereocenters. The van der Waals surface area contributed by atoms with Crippen LogP contribution in [0.15, 0.2) is 42.7 Å². The maximum absolute atomic E-state index is 12.6. The summed E-state index contributed by atoms with van der Waals surface area (Å²) in [5, 5.41) is 0. The fraction of sp³-hybridized carbons (Fsp3) is 0.389. The lowest BCUT2D eigenvalue weighted by Crippen LogP contribution is -2.38. The Balaban J connectivity index is 1.66. The molecule has 2 aromatic rings. The van der Waals surface area contributed by atoms with Gasteiger partial charge in [-0.05, 0) is 12.0 Å². The number of sulfone groups is 1. The predicted octanol–water partition coefficient (Wildman–Crippen LogP) is 1.37. The molecule has 1 fully saturated rings. The molecule has 7 nitrogen and oxygen atoms in total. The van der Waals surface area contributed by atoms with Gasteiger partial charge in [0.2, 0.25) is 5.95 Å². The van der Waals surface area contributed by atoms with Crippen LogP contribution in [0.2, 0.25) is 0 Å². The third kappa shape index (κ3) is 4.19. The maximum atomic E-state index is 12.6. The van der Waals surface area contributed by atoms with E-state index < -0.39 is 9.84 Å². The number of hydrogen-bond acceptors (Lipinski definition) is 6. The highest BCUT2D eigenvalue weighted by Crippen LogP contribution is 2.18. The summed E-state index contributed by atoms with van der Waals surface area (Å²) in [7, 11) is 0.481. The van der Waals surface area contributed by atoms with Gasteiger partial charge >= 0.3 is 0 Å². The standard InChI is InChI=1S/C18H22N4O3S/c1-21(12-14-6-4-3-5-7-14)18-19-10-15(11-20-18)17(23)22(2)16-8-9-26(24,25)13-16/h3-7,10-11,16H,8-9,12-13H2,1-2H3. The lowest BCUT2D eigenvalue weighted by Gasteiger charge is -2.23. The minimum absolute atomic E-state index is 0.0218. The Morgan fingerprint density at radius 1 is 1.15 bits per heavy atom. The molecule has 0 bridgehead atoms. The van der Waals surface area contributed by atoms with Gasteiger partial charge in [-0.2, -0.15) is 0 Å². The summed E-state index contributed by atoms with van der Waals surface area (Å²) in [4.78, 5) is 24.5. The van der Waals surface area contributed by atoms with Crippen LogP contribution in [-0.4, -0.2) is 60.8 Å². The normalized spacial score (nSPS) is 18.5. The molecule has 1 aliphatic heterocycles. The second-order valence-electron chi connectivity index (χ2n) is 6.59. The smallest absolute Gasteiger partial charge is 0.257 e. The Hall–Kier alpha value is -2.48. The number of rotatable bonds is 5. The van der Waals surface area contributed by atoms with Crippen LogP contribution in [0.5, 0.6) is 0 Å². The van der Waals surface area contributed by atoms with Crippen LogP contribution in [0.25, 0.3) is 0 Å². The Labute approximate surface area is 153 Å². The molecule has 0 saturated carbocycles. The number of carbonyl (C=O) groups excluding carboxylic acids is 1. The fourth-order valence-corrected chi connectivity index (χ4v) is 4.78. The molecule has 1 aromatic heterocycles. The van der Waals surface area contributed by atoms with Crippen molar-refractivity contribution in [3.05, 3.63) is 53.9 Å². The summed E-state index contributed by atoms with van der Waals surface area (Å²) in [6.45, 7) is 0.661. The third-order valence-corrected chi connectivity index (χ3v) is 6.32. The average Bonchev–Trinajstić information content (AvgIpc) is 3.01. The molecule has 1 saturated heterocycles. The van der Waals surface area contributed by atoms with Crippen LogP contribution in [-0.2, 0) is 16.4 Å². The molecular formula is C18H22N4O3S. The van der Waals surface area contributed by atoms with Crippen LogP contribution < -0.4 is 4.90 Å². The van der Waals surface area contributed by atoms with E-state index in [1.165, 1.54) is 17.3 Å². The van der Waals surface area contributed by atoms with E-state index in [2.05, 4.69) is 9.97 Å². The van der Waals surface area contributed by atoms with Crippen molar-refractivity contribution in [1.29, 1.82) is 0 Å². The van der Waals surface area contributed by atoms with Crippen molar-refractivity contribution in [1.82, 2.24) is 14.9 Å². The first-order valence-corrected chi connectivity index (χ1v) is 10.2.